The number of hydrogen-bond donors (Lipinski definition) is 2. The number of carbonyl (C=O) groups is 5. The van der Waals surface area contributed by atoms with E-state index in [2.05, 4.69) is 0 Å². The highest BCUT2D eigenvalue weighted by molar-refractivity contribution is 6.32. The molecular weight excluding hydrogens is 615 g/mol. The maximum atomic E-state index is 15.1. The van der Waals surface area contributed by atoms with E-state index in [4.69, 9.17) is 11.6 Å². The van der Waals surface area contributed by atoms with Crippen molar-refractivity contribution in [3.63, 3.8) is 0 Å². The number of aromatic hydroxyl groups is 1. The van der Waals surface area contributed by atoms with Gasteiger partial charge in [-0.2, -0.15) is 0 Å². The van der Waals surface area contributed by atoms with Crippen LogP contribution in [-0.4, -0.2) is 51.3 Å². The lowest BCUT2D eigenvalue weighted by atomic mass is 9.49. The lowest BCUT2D eigenvalue weighted by Gasteiger charge is -2.50. The molecule has 0 aromatic heterocycles. The minimum atomic E-state index is -1.66. The van der Waals surface area contributed by atoms with Gasteiger partial charge in [0.2, 0.25) is 23.6 Å². The molecule has 0 bridgehead atoms. The topological polar surface area (TPSA) is 132 Å². The summed E-state index contributed by atoms with van der Waals surface area (Å²) >= 11 is 6.29. The highest BCUT2D eigenvalue weighted by Crippen LogP contribution is 2.65. The Kier molecular flexibility index (Phi) is 7.08. The number of benzene rings is 3. The van der Waals surface area contributed by atoms with Crippen LogP contribution in [0.2, 0.25) is 5.02 Å². The average Bonchev–Trinajstić information content (AvgIpc) is 3.42. The molecular formula is C35H28ClFN2O7. The average molecular weight is 643 g/mol. The van der Waals surface area contributed by atoms with Gasteiger partial charge in [0.15, 0.2) is 11.6 Å². The van der Waals surface area contributed by atoms with Gasteiger partial charge in [0.05, 0.1) is 35.3 Å². The SMILES string of the molecule is O=C(O)CCN1C(=O)[C@H]2[C@H](CC=C3[C@H]2C[C@H]2C(=O)N(c4cccc(Cl)c4)C(=O)[C@@]2(c2ccccc2)[C@H]3c2cccc(F)c2O)C1=O. The largest absolute Gasteiger partial charge is 0.505 e. The summed E-state index contributed by atoms with van der Waals surface area (Å²) in [5.41, 5.74) is -0.295. The number of aliphatic carboxylic acids is 1. The molecule has 46 heavy (non-hydrogen) atoms. The van der Waals surface area contributed by atoms with Crippen LogP contribution in [0.15, 0.2) is 84.4 Å². The molecule has 2 N–H and O–H groups in total. The molecule has 7 rings (SSSR count). The molecule has 0 unspecified atom stereocenters. The first-order valence-electron chi connectivity index (χ1n) is 15.0. The number of phenolic OH excluding ortho intramolecular Hbond substituents is 1. The Morgan fingerprint density at radius 3 is 2.39 bits per heavy atom. The first-order valence-corrected chi connectivity index (χ1v) is 15.4. The van der Waals surface area contributed by atoms with Gasteiger partial charge in [-0.15, -0.1) is 0 Å². The van der Waals surface area contributed by atoms with E-state index >= 15 is 9.18 Å². The summed E-state index contributed by atoms with van der Waals surface area (Å²) < 4.78 is 15.1. The Hall–Kier alpha value is -4.83. The number of halogens is 2. The second-order valence-corrected chi connectivity index (χ2v) is 12.7. The molecule has 3 fully saturated rings. The number of amides is 4. The summed E-state index contributed by atoms with van der Waals surface area (Å²) in [4.78, 5) is 70.4. The van der Waals surface area contributed by atoms with Crippen molar-refractivity contribution in [3.05, 3.63) is 106 Å². The number of carbonyl (C=O) groups excluding carboxylic acids is 4. The van der Waals surface area contributed by atoms with E-state index in [1.54, 1.807) is 54.6 Å². The minimum absolute atomic E-state index is 0.0158. The summed E-state index contributed by atoms with van der Waals surface area (Å²) in [5.74, 6) is -9.48. The van der Waals surface area contributed by atoms with Crippen molar-refractivity contribution >= 4 is 46.9 Å². The summed E-state index contributed by atoms with van der Waals surface area (Å²) in [6.07, 6.45) is 1.51. The number of phenols is 1. The number of carboxylic acids is 1. The fourth-order valence-electron chi connectivity index (χ4n) is 8.35. The normalized spacial score (nSPS) is 28.6. The van der Waals surface area contributed by atoms with Crippen molar-refractivity contribution in [1.82, 2.24) is 4.90 Å². The summed E-state index contributed by atoms with van der Waals surface area (Å²) in [6.45, 7) is -0.284. The van der Waals surface area contributed by atoms with E-state index < -0.39 is 82.6 Å². The first-order chi connectivity index (χ1) is 22.1. The molecule has 2 heterocycles. The smallest absolute Gasteiger partial charge is 0.305 e. The molecule has 11 heteroatoms. The zero-order chi connectivity index (χ0) is 32.5. The van der Waals surface area contributed by atoms with E-state index in [9.17, 15) is 29.4 Å². The van der Waals surface area contributed by atoms with Gasteiger partial charge in [-0.05, 0) is 48.6 Å². The van der Waals surface area contributed by atoms with E-state index in [0.29, 0.717) is 16.2 Å². The molecule has 6 atom stereocenters. The van der Waals surface area contributed by atoms with Crippen LogP contribution in [0.25, 0.3) is 0 Å². The van der Waals surface area contributed by atoms with Gasteiger partial charge in [-0.1, -0.05) is 71.8 Å². The standard InChI is InChI=1S/C35H28ClFN2O7/c36-19-8-4-9-20(16-19)39-32(44)25-17-24-21(12-13-22-28(24)33(45)38(31(22)43)15-14-27(40)41)29(23-10-5-11-26(37)30(23)42)35(25,34(39)46)18-6-2-1-3-7-18/h1-12,16,22,24-25,28-29,42H,13-15,17H2,(H,40,41)/t22-,24+,25-,28-,29+,35+/m0/s1. The fourth-order valence-corrected chi connectivity index (χ4v) is 8.53. The lowest BCUT2D eigenvalue weighted by molar-refractivity contribution is -0.142. The number of likely N-dealkylation sites (tertiary alicyclic amines) is 1. The molecule has 1 saturated carbocycles. The van der Waals surface area contributed by atoms with Gasteiger partial charge in [0, 0.05) is 23.0 Å². The zero-order valence-corrected chi connectivity index (χ0v) is 25.1. The molecule has 2 aliphatic heterocycles. The third-order valence-electron chi connectivity index (χ3n) is 10.1. The minimum Gasteiger partial charge on any atom is -0.505 e. The number of allylic oxidation sites excluding steroid dienone is 2. The van der Waals surface area contributed by atoms with Crippen LogP contribution in [0, 0.1) is 29.5 Å². The maximum absolute atomic E-state index is 15.1. The molecule has 234 valence electrons. The first kappa shape index (κ1) is 29.9. The van der Waals surface area contributed by atoms with Gasteiger partial charge in [0.1, 0.15) is 0 Å². The van der Waals surface area contributed by atoms with E-state index in [1.807, 2.05) is 0 Å². The van der Waals surface area contributed by atoms with Crippen molar-refractivity contribution in [1.29, 1.82) is 0 Å². The molecule has 3 aromatic carbocycles. The Balaban J connectivity index is 1.47. The van der Waals surface area contributed by atoms with Crippen molar-refractivity contribution in [2.45, 2.75) is 30.6 Å². The van der Waals surface area contributed by atoms with Crippen LogP contribution in [-0.2, 0) is 29.4 Å². The van der Waals surface area contributed by atoms with Crippen LogP contribution in [0.5, 0.6) is 5.75 Å². The quantitative estimate of drug-likeness (QED) is 0.291. The van der Waals surface area contributed by atoms with Crippen LogP contribution in [0.3, 0.4) is 0 Å². The zero-order valence-electron chi connectivity index (χ0n) is 24.3. The molecule has 2 aliphatic carbocycles. The number of fused-ring (bicyclic) bond motifs is 4. The number of hydrogen-bond acceptors (Lipinski definition) is 6. The van der Waals surface area contributed by atoms with Gasteiger partial charge >= 0.3 is 5.97 Å². The molecule has 3 aromatic rings. The van der Waals surface area contributed by atoms with Crippen LogP contribution in [0.4, 0.5) is 10.1 Å². The second kappa shape index (κ2) is 10.9. The van der Waals surface area contributed by atoms with Crippen LogP contribution < -0.4 is 4.90 Å². The van der Waals surface area contributed by atoms with Gasteiger partial charge < -0.3 is 10.2 Å². The molecule has 4 amide bonds. The van der Waals surface area contributed by atoms with Gasteiger partial charge in [0.25, 0.3) is 0 Å². The molecule has 0 radical (unpaired) electrons. The van der Waals surface area contributed by atoms with Crippen LogP contribution in [0.1, 0.15) is 36.3 Å². The summed E-state index contributed by atoms with van der Waals surface area (Å²) in [7, 11) is 0. The maximum Gasteiger partial charge on any atom is 0.305 e. The van der Waals surface area contributed by atoms with Crippen molar-refractivity contribution in [2.24, 2.45) is 23.7 Å². The predicted octanol–water partition coefficient (Wildman–Crippen LogP) is 4.82. The number of nitrogens with zero attached hydrogens (tertiary/aromatic N) is 2. The van der Waals surface area contributed by atoms with Gasteiger partial charge in [-0.25, -0.2) is 9.29 Å². The Bertz CT molecular complexity index is 1860. The highest BCUT2D eigenvalue weighted by atomic mass is 35.5. The van der Waals surface area contributed by atoms with E-state index in [-0.39, 0.29) is 30.6 Å². The molecule has 9 nitrogen and oxygen atoms in total. The van der Waals surface area contributed by atoms with Crippen molar-refractivity contribution < 1.29 is 38.6 Å². The number of imide groups is 2. The second-order valence-electron chi connectivity index (χ2n) is 12.2. The lowest BCUT2D eigenvalue weighted by Crippen LogP contribution is -2.53. The highest BCUT2D eigenvalue weighted by Gasteiger charge is 2.70. The van der Waals surface area contributed by atoms with Gasteiger partial charge in [-0.3, -0.25) is 28.9 Å². The van der Waals surface area contributed by atoms with Crippen molar-refractivity contribution in [2.75, 3.05) is 11.4 Å². The van der Waals surface area contributed by atoms with Crippen molar-refractivity contribution in [3.8, 4) is 5.75 Å². The Labute approximate surface area is 267 Å². The summed E-state index contributed by atoms with van der Waals surface area (Å²) in [6, 6.07) is 19.1. The molecule has 4 aliphatic rings. The third kappa shape index (κ3) is 4.16. The third-order valence-corrected chi connectivity index (χ3v) is 10.4. The predicted molar refractivity (Wildman–Crippen MR) is 163 cm³/mol. The monoisotopic (exact) mass is 642 g/mol. The number of anilines is 1. The summed E-state index contributed by atoms with van der Waals surface area (Å²) in [5, 5.41) is 20.8. The van der Waals surface area contributed by atoms with E-state index in [1.165, 1.54) is 18.2 Å². The Morgan fingerprint density at radius 2 is 1.67 bits per heavy atom. The number of carboxylic acid groups (broad SMARTS) is 1. The Morgan fingerprint density at radius 1 is 0.935 bits per heavy atom. The number of rotatable bonds is 6. The van der Waals surface area contributed by atoms with E-state index in [0.717, 1.165) is 15.9 Å². The fraction of sp³-hybridized carbons (Fsp3) is 0.286. The molecule has 0 spiro atoms. The van der Waals surface area contributed by atoms with Crippen LogP contribution >= 0.6 is 11.6 Å². The number of para-hydroxylation sites is 1. The molecule has 2 saturated heterocycles.